The summed E-state index contributed by atoms with van der Waals surface area (Å²) in [5, 5.41) is 3.80. The third-order valence-corrected chi connectivity index (χ3v) is 5.88. The number of nitrogen functional groups attached to an aromatic ring is 1. The molecule has 5 heteroatoms. The maximum atomic E-state index is 12.4. The van der Waals surface area contributed by atoms with E-state index in [4.69, 9.17) is 5.73 Å². The Balaban J connectivity index is 1.52. The van der Waals surface area contributed by atoms with Crippen LogP contribution in [0.1, 0.15) is 42.5 Å². The van der Waals surface area contributed by atoms with Gasteiger partial charge in [-0.1, -0.05) is 31.4 Å². The Morgan fingerprint density at radius 3 is 2.84 bits per heavy atom. The van der Waals surface area contributed by atoms with E-state index >= 15 is 0 Å². The molecule has 1 aliphatic carbocycles. The first-order valence-corrected chi connectivity index (χ1v) is 9.99. The first-order chi connectivity index (χ1) is 12.2. The van der Waals surface area contributed by atoms with Crippen molar-refractivity contribution in [1.29, 1.82) is 0 Å². The van der Waals surface area contributed by atoms with Crippen LogP contribution in [0.15, 0.2) is 42.6 Å². The van der Waals surface area contributed by atoms with E-state index in [9.17, 15) is 4.79 Å². The Morgan fingerprint density at radius 1 is 1.20 bits per heavy atom. The number of carbonyl (C=O) groups excluding carboxylic acids is 1. The van der Waals surface area contributed by atoms with Gasteiger partial charge in [0, 0.05) is 40.6 Å². The van der Waals surface area contributed by atoms with Gasteiger partial charge in [0.25, 0.3) is 5.91 Å². The summed E-state index contributed by atoms with van der Waals surface area (Å²) in [4.78, 5) is 16.7. The number of hydrogen-bond acceptors (Lipinski definition) is 4. The molecule has 0 spiro atoms. The standard InChI is InChI=1S/C20H25N3OS/c21-17-9-10-22-19(14-17)15-5-4-6-16(13-15)20(24)23-11-12-25-18-7-2-1-3-8-18/h4-6,9-10,13-14,18H,1-3,7-8,11-12H2,(H2,21,22)(H,23,24). The van der Waals surface area contributed by atoms with Gasteiger partial charge in [-0.15, -0.1) is 0 Å². The highest BCUT2D eigenvalue weighted by atomic mass is 32.2. The zero-order chi connectivity index (χ0) is 17.5. The molecule has 0 aliphatic heterocycles. The lowest BCUT2D eigenvalue weighted by Crippen LogP contribution is -2.26. The molecule has 1 heterocycles. The van der Waals surface area contributed by atoms with Crippen molar-refractivity contribution in [2.45, 2.75) is 37.4 Å². The molecule has 0 saturated heterocycles. The molecule has 4 nitrogen and oxygen atoms in total. The lowest BCUT2D eigenvalue weighted by Gasteiger charge is -2.20. The van der Waals surface area contributed by atoms with Gasteiger partial charge in [0.05, 0.1) is 5.69 Å². The molecule has 2 aromatic rings. The largest absolute Gasteiger partial charge is 0.399 e. The molecule has 1 amide bonds. The SMILES string of the molecule is Nc1ccnc(-c2cccc(C(=O)NCCSC3CCCCC3)c2)c1. The molecular weight excluding hydrogens is 330 g/mol. The summed E-state index contributed by atoms with van der Waals surface area (Å²) in [7, 11) is 0. The van der Waals surface area contributed by atoms with Crippen molar-refractivity contribution in [3.63, 3.8) is 0 Å². The van der Waals surface area contributed by atoms with Crippen molar-refractivity contribution in [3.8, 4) is 11.3 Å². The first kappa shape index (κ1) is 17.8. The number of pyridine rings is 1. The van der Waals surface area contributed by atoms with E-state index in [1.807, 2.05) is 42.1 Å². The monoisotopic (exact) mass is 355 g/mol. The van der Waals surface area contributed by atoms with Gasteiger partial charge < -0.3 is 11.1 Å². The molecule has 1 saturated carbocycles. The van der Waals surface area contributed by atoms with Crippen LogP contribution in [0.5, 0.6) is 0 Å². The third-order valence-electron chi connectivity index (χ3n) is 4.50. The van der Waals surface area contributed by atoms with Crippen molar-refractivity contribution in [1.82, 2.24) is 10.3 Å². The Bertz CT molecular complexity index is 714. The van der Waals surface area contributed by atoms with Gasteiger partial charge in [-0.2, -0.15) is 11.8 Å². The number of aromatic nitrogens is 1. The van der Waals surface area contributed by atoms with E-state index in [-0.39, 0.29) is 5.91 Å². The van der Waals surface area contributed by atoms with E-state index in [0.29, 0.717) is 17.8 Å². The van der Waals surface area contributed by atoms with Gasteiger partial charge >= 0.3 is 0 Å². The second-order valence-corrected chi connectivity index (χ2v) is 7.85. The summed E-state index contributed by atoms with van der Waals surface area (Å²) in [6.45, 7) is 0.709. The summed E-state index contributed by atoms with van der Waals surface area (Å²) >= 11 is 2.00. The zero-order valence-electron chi connectivity index (χ0n) is 14.4. The van der Waals surface area contributed by atoms with Crippen molar-refractivity contribution in [2.75, 3.05) is 18.0 Å². The quantitative estimate of drug-likeness (QED) is 0.765. The molecule has 0 unspecified atom stereocenters. The predicted octanol–water partition coefficient (Wildman–Crippen LogP) is 4.13. The van der Waals surface area contributed by atoms with Gasteiger partial charge in [-0.3, -0.25) is 9.78 Å². The fraction of sp³-hybridized carbons (Fsp3) is 0.400. The number of anilines is 1. The molecule has 3 rings (SSSR count). The Hall–Kier alpha value is -2.01. The van der Waals surface area contributed by atoms with Crippen LogP contribution in [0.2, 0.25) is 0 Å². The van der Waals surface area contributed by atoms with E-state index in [1.165, 1.54) is 32.1 Å². The van der Waals surface area contributed by atoms with Crippen LogP contribution < -0.4 is 11.1 Å². The number of nitrogens with zero attached hydrogens (tertiary/aromatic N) is 1. The number of nitrogens with one attached hydrogen (secondary N) is 1. The van der Waals surface area contributed by atoms with Crippen LogP contribution in [0.3, 0.4) is 0 Å². The number of benzene rings is 1. The molecule has 3 N–H and O–H groups in total. The summed E-state index contributed by atoms with van der Waals surface area (Å²) in [5.74, 6) is 0.947. The number of nitrogens with two attached hydrogens (primary N) is 1. The summed E-state index contributed by atoms with van der Waals surface area (Å²) in [6.07, 6.45) is 8.43. The second-order valence-electron chi connectivity index (χ2n) is 6.44. The Kier molecular flexibility index (Phi) is 6.34. The normalized spacial score (nSPS) is 15.0. The Labute approximate surface area is 153 Å². The minimum absolute atomic E-state index is 0.0324. The van der Waals surface area contributed by atoms with Crippen LogP contribution in [0.4, 0.5) is 5.69 Å². The lowest BCUT2D eigenvalue weighted by molar-refractivity contribution is 0.0956. The van der Waals surface area contributed by atoms with Gasteiger partial charge in [-0.25, -0.2) is 0 Å². The molecule has 0 atom stereocenters. The molecule has 0 radical (unpaired) electrons. The molecular formula is C20H25N3OS. The molecule has 1 aromatic carbocycles. The first-order valence-electron chi connectivity index (χ1n) is 8.94. The third kappa shape index (κ3) is 5.23. The van der Waals surface area contributed by atoms with E-state index in [0.717, 1.165) is 22.3 Å². The van der Waals surface area contributed by atoms with Crippen LogP contribution in [0, 0.1) is 0 Å². The topological polar surface area (TPSA) is 68.0 Å². The van der Waals surface area contributed by atoms with Crippen LogP contribution in [-0.2, 0) is 0 Å². The fourth-order valence-electron chi connectivity index (χ4n) is 3.15. The highest BCUT2D eigenvalue weighted by Crippen LogP contribution is 2.27. The summed E-state index contributed by atoms with van der Waals surface area (Å²) in [6, 6.07) is 11.1. The second kappa shape index (κ2) is 8.90. The molecule has 25 heavy (non-hydrogen) atoms. The van der Waals surface area contributed by atoms with Crippen molar-refractivity contribution >= 4 is 23.4 Å². The summed E-state index contributed by atoms with van der Waals surface area (Å²) in [5.41, 5.74) is 8.82. The fourth-order valence-corrected chi connectivity index (χ4v) is 4.37. The van der Waals surface area contributed by atoms with Gasteiger partial charge in [0.15, 0.2) is 0 Å². The highest BCUT2D eigenvalue weighted by Gasteiger charge is 2.13. The maximum absolute atomic E-state index is 12.4. The van der Waals surface area contributed by atoms with Gasteiger partial charge in [0.1, 0.15) is 0 Å². The number of thioether (sulfide) groups is 1. The average Bonchev–Trinajstić information content (AvgIpc) is 2.66. The lowest BCUT2D eigenvalue weighted by atomic mass is 10.0. The molecule has 1 aromatic heterocycles. The van der Waals surface area contributed by atoms with Crippen molar-refractivity contribution in [2.24, 2.45) is 0 Å². The van der Waals surface area contributed by atoms with Gasteiger partial charge in [0.2, 0.25) is 0 Å². The zero-order valence-corrected chi connectivity index (χ0v) is 15.2. The average molecular weight is 356 g/mol. The molecule has 1 fully saturated rings. The van der Waals surface area contributed by atoms with Gasteiger partial charge in [-0.05, 0) is 37.1 Å². The minimum atomic E-state index is -0.0324. The van der Waals surface area contributed by atoms with Crippen molar-refractivity contribution in [3.05, 3.63) is 48.2 Å². The summed E-state index contributed by atoms with van der Waals surface area (Å²) < 4.78 is 0. The smallest absolute Gasteiger partial charge is 0.251 e. The number of hydrogen-bond donors (Lipinski definition) is 2. The highest BCUT2D eigenvalue weighted by molar-refractivity contribution is 7.99. The van der Waals surface area contributed by atoms with Crippen molar-refractivity contribution < 1.29 is 4.79 Å². The van der Waals surface area contributed by atoms with E-state index in [1.54, 1.807) is 12.3 Å². The molecule has 0 bridgehead atoms. The Morgan fingerprint density at radius 2 is 2.04 bits per heavy atom. The molecule has 132 valence electrons. The van der Waals surface area contributed by atoms with E-state index in [2.05, 4.69) is 10.3 Å². The molecule has 1 aliphatic rings. The number of rotatable bonds is 6. The van der Waals surface area contributed by atoms with Crippen LogP contribution in [-0.4, -0.2) is 28.4 Å². The van der Waals surface area contributed by atoms with Crippen LogP contribution in [0.25, 0.3) is 11.3 Å². The van der Waals surface area contributed by atoms with Crippen LogP contribution >= 0.6 is 11.8 Å². The predicted molar refractivity (Wildman–Crippen MR) is 106 cm³/mol. The number of amides is 1. The minimum Gasteiger partial charge on any atom is -0.399 e. The number of carbonyl (C=O) groups is 1. The van der Waals surface area contributed by atoms with E-state index < -0.39 is 0 Å². The maximum Gasteiger partial charge on any atom is 0.251 e.